The number of halogens is 1. The molecule has 0 bridgehead atoms. The van der Waals surface area contributed by atoms with Gasteiger partial charge in [0.05, 0.1) is 45.7 Å². The Morgan fingerprint density at radius 1 is 1.10 bits per heavy atom. The van der Waals surface area contributed by atoms with Crippen molar-refractivity contribution >= 4 is 23.5 Å². The van der Waals surface area contributed by atoms with E-state index in [2.05, 4.69) is 35.7 Å². The molecule has 1 atom stereocenters. The van der Waals surface area contributed by atoms with Gasteiger partial charge in [-0.25, -0.2) is 4.79 Å². The van der Waals surface area contributed by atoms with Gasteiger partial charge in [0.1, 0.15) is 12.2 Å². The molecule has 30 heavy (non-hydrogen) atoms. The minimum atomic E-state index is -0.588. The summed E-state index contributed by atoms with van der Waals surface area (Å²) >= 11 is 1.18. The Kier molecular flexibility index (Phi) is 13.3. The molecule has 2 rings (SSSR count). The van der Waals surface area contributed by atoms with Gasteiger partial charge in [-0.05, 0) is 12.8 Å². The summed E-state index contributed by atoms with van der Waals surface area (Å²) in [7, 11) is 2.58. The standard InChI is InChI=1S/C20H34N3O4S.CH3F/c1-4-6-8-9-14-25-19-18(21-28-22-19)17-11-10-12-23(3,15-17)16-27-20(24)26-13-7-5-2;1-2/h11H,4-10,12-16H2,1-3H3;1H3/q+1;. The average molecular weight is 447 g/mol. The fourth-order valence-electron chi connectivity index (χ4n) is 3.11. The van der Waals surface area contributed by atoms with E-state index in [9.17, 15) is 9.18 Å². The van der Waals surface area contributed by atoms with Crippen molar-refractivity contribution < 1.29 is 27.9 Å². The highest BCUT2D eigenvalue weighted by Crippen LogP contribution is 2.30. The van der Waals surface area contributed by atoms with Crippen molar-refractivity contribution in [1.29, 1.82) is 0 Å². The highest BCUT2D eigenvalue weighted by molar-refractivity contribution is 6.99. The fourth-order valence-corrected chi connectivity index (χ4v) is 3.64. The number of carbonyl (C=O) groups is 1. The number of rotatable bonds is 12. The van der Waals surface area contributed by atoms with Crippen LogP contribution in [0, 0.1) is 0 Å². The van der Waals surface area contributed by atoms with Gasteiger partial charge in [-0.3, -0.25) is 8.87 Å². The van der Waals surface area contributed by atoms with Gasteiger partial charge >= 0.3 is 6.16 Å². The van der Waals surface area contributed by atoms with E-state index in [4.69, 9.17) is 14.2 Å². The first-order valence-corrected chi connectivity index (χ1v) is 11.5. The Labute approximate surface area is 184 Å². The van der Waals surface area contributed by atoms with Crippen molar-refractivity contribution in [3.63, 3.8) is 0 Å². The molecule has 1 unspecified atom stereocenters. The molecule has 1 aromatic heterocycles. The lowest BCUT2D eigenvalue weighted by Gasteiger charge is -2.36. The van der Waals surface area contributed by atoms with E-state index in [0.29, 0.717) is 30.8 Å². The highest BCUT2D eigenvalue weighted by Gasteiger charge is 2.31. The zero-order chi connectivity index (χ0) is 22.2. The quantitative estimate of drug-likeness (QED) is 0.249. The molecule has 9 heteroatoms. The van der Waals surface area contributed by atoms with Crippen LogP contribution < -0.4 is 4.74 Å². The van der Waals surface area contributed by atoms with Crippen molar-refractivity contribution in [2.45, 2.75) is 58.8 Å². The normalized spacial score (nSPS) is 18.1. The van der Waals surface area contributed by atoms with Crippen LogP contribution in [0.25, 0.3) is 5.57 Å². The number of aromatic nitrogens is 2. The van der Waals surface area contributed by atoms with E-state index in [-0.39, 0.29) is 6.73 Å². The second kappa shape index (κ2) is 15.1. The van der Waals surface area contributed by atoms with Crippen LogP contribution in [0.2, 0.25) is 0 Å². The van der Waals surface area contributed by atoms with E-state index in [1.54, 1.807) is 0 Å². The van der Waals surface area contributed by atoms with Crippen molar-refractivity contribution in [2.75, 3.05) is 47.3 Å². The smallest absolute Gasteiger partial charge is 0.475 e. The third kappa shape index (κ3) is 9.38. The second-order valence-electron chi connectivity index (χ2n) is 7.57. The van der Waals surface area contributed by atoms with E-state index in [1.807, 2.05) is 0 Å². The summed E-state index contributed by atoms with van der Waals surface area (Å²) in [6.45, 7) is 7.24. The summed E-state index contributed by atoms with van der Waals surface area (Å²) in [5.74, 6) is 0.626. The summed E-state index contributed by atoms with van der Waals surface area (Å²) in [6, 6.07) is 0. The van der Waals surface area contributed by atoms with Crippen molar-refractivity contribution in [2.24, 2.45) is 0 Å². The number of hydrogen-bond donors (Lipinski definition) is 0. The van der Waals surface area contributed by atoms with Gasteiger partial charge in [0.2, 0.25) is 6.73 Å². The monoisotopic (exact) mass is 446 g/mol. The Morgan fingerprint density at radius 2 is 1.87 bits per heavy atom. The molecular formula is C21H37FN3O4S+. The number of nitrogens with zero attached hydrogens (tertiary/aromatic N) is 3. The molecule has 0 spiro atoms. The van der Waals surface area contributed by atoms with E-state index in [1.165, 1.54) is 31.0 Å². The number of carbonyl (C=O) groups excluding carboxylic acids is 1. The van der Waals surface area contributed by atoms with Crippen LogP contribution in [0.1, 0.15) is 64.5 Å². The van der Waals surface area contributed by atoms with Gasteiger partial charge in [0, 0.05) is 12.0 Å². The largest absolute Gasteiger partial charge is 0.512 e. The molecule has 0 N–H and O–H groups in total. The predicted molar refractivity (Wildman–Crippen MR) is 117 cm³/mol. The number of alkyl halides is 1. The minimum Gasteiger partial charge on any atom is -0.475 e. The number of quaternary nitrogens is 1. The van der Waals surface area contributed by atoms with Gasteiger partial charge in [0.15, 0.2) is 0 Å². The number of unbranched alkanes of at least 4 members (excludes halogenated alkanes) is 4. The van der Waals surface area contributed by atoms with E-state index in [0.717, 1.165) is 50.0 Å². The molecule has 1 aromatic rings. The number of ether oxygens (including phenoxy) is 3. The van der Waals surface area contributed by atoms with E-state index < -0.39 is 6.16 Å². The van der Waals surface area contributed by atoms with Crippen LogP contribution >= 0.6 is 11.7 Å². The zero-order valence-corrected chi connectivity index (χ0v) is 19.6. The van der Waals surface area contributed by atoms with E-state index >= 15 is 0 Å². The molecule has 0 radical (unpaired) electrons. The molecule has 0 aliphatic carbocycles. The Hall–Kier alpha value is -1.74. The maximum absolute atomic E-state index is 11.8. The van der Waals surface area contributed by atoms with Gasteiger partial charge in [-0.15, -0.1) is 4.37 Å². The predicted octanol–water partition coefficient (Wildman–Crippen LogP) is 5.23. The van der Waals surface area contributed by atoms with Crippen LogP contribution in [-0.2, 0) is 9.47 Å². The van der Waals surface area contributed by atoms with Crippen molar-refractivity contribution in [3.8, 4) is 5.88 Å². The van der Waals surface area contributed by atoms with Crippen LogP contribution in [0.4, 0.5) is 9.18 Å². The van der Waals surface area contributed by atoms with Crippen molar-refractivity contribution in [1.82, 2.24) is 8.75 Å². The molecule has 2 heterocycles. The lowest BCUT2D eigenvalue weighted by atomic mass is 10.1. The maximum atomic E-state index is 11.8. The fraction of sp³-hybridized carbons (Fsp3) is 0.762. The molecule has 0 saturated heterocycles. The molecule has 0 fully saturated rings. The summed E-state index contributed by atoms with van der Waals surface area (Å²) in [5.41, 5.74) is 1.93. The molecule has 0 saturated carbocycles. The SMILES string of the molecule is CCCCCCOc1nsnc1C1=CCC[N+](C)(COC(=O)OCCCC)C1.CF. The second-order valence-corrected chi connectivity index (χ2v) is 8.10. The van der Waals surface area contributed by atoms with Gasteiger partial charge in [0.25, 0.3) is 5.88 Å². The third-order valence-corrected chi connectivity index (χ3v) is 5.33. The van der Waals surface area contributed by atoms with Gasteiger partial charge in [-0.1, -0.05) is 45.6 Å². The lowest BCUT2D eigenvalue weighted by molar-refractivity contribution is -0.919. The zero-order valence-electron chi connectivity index (χ0n) is 18.8. The molecular weight excluding hydrogens is 409 g/mol. The summed E-state index contributed by atoms with van der Waals surface area (Å²) in [5, 5.41) is 0. The molecule has 7 nitrogen and oxygen atoms in total. The number of hydrogen-bond acceptors (Lipinski definition) is 7. The summed E-state index contributed by atoms with van der Waals surface area (Å²) < 4.78 is 35.2. The number of likely N-dealkylation sites (N-methyl/N-ethyl adjacent to an activating group) is 1. The average Bonchev–Trinajstić information content (AvgIpc) is 3.22. The van der Waals surface area contributed by atoms with Gasteiger partial charge < -0.3 is 14.2 Å². The lowest BCUT2D eigenvalue weighted by Crippen LogP contribution is -2.49. The highest BCUT2D eigenvalue weighted by atomic mass is 32.1. The molecule has 0 amide bonds. The molecule has 0 aromatic carbocycles. The Morgan fingerprint density at radius 3 is 2.60 bits per heavy atom. The Balaban J connectivity index is 0.00000218. The van der Waals surface area contributed by atoms with Crippen LogP contribution in [0.15, 0.2) is 6.08 Å². The van der Waals surface area contributed by atoms with Crippen LogP contribution in [-0.4, -0.2) is 66.6 Å². The third-order valence-electron chi connectivity index (χ3n) is 4.82. The van der Waals surface area contributed by atoms with Crippen molar-refractivity contribution in [3.05, 3.63) is 11.8 Å². The van der Waals surface area contributed by atoms with Gasteiger partial charge in [-0.2, -0.15) is 4.37 Å². The Bertz CT molecular complexity index is 642. The minimum absolute atomic E-state index is 0.285. The first-order valence-electron chi connectivity index (χ1n) is 10.7. The first-order chi connectivity index (χ1) is 14.6. The first kappa shape index (κ1) is 26.3. The van der Waals surface area contributed by atoms with Crippen LogP contribution in [0.5, 0.6) is 5.88 Å². The summed E-state index contributed by atoms with van der Waals surface area (Å²) in [4.78, 5) is 11.8. The topological polar surface area (TPSA) is 70.5 Å². The molecule has 1 aliphatic heterocycles. The molecule has 1 aliphatic rings. The maximum Gasteiger partial charge on any atom is 0.512 e. The molecule has 172 valence electrons. The summed E-state index contributed by atoms with van der Waals surface area (Å²) in [6.07, 6.45) is 8.99. The van der Waals surface area contributed by atoms with Crippen LogP contribution in [0.3, 0.4) is 0 Å².